The molecule has 0 radical (unpaired) electrons. The number of carbonyl (C=O) groups excluding carboxylic acids is 1. The van der Waals surface area contributed by atoms with Gasteiger partial charge in [-0.2, -0.15) is 0 Å². The molecule has 1 aliphatic heterocycles. The van der Waals surface area contributed by atoms with E-state index in [1.165, 1.54) is 32.1 Å². The second kappa shape index (κ2) is 4.47. The normalized spacial score (nSPS) is 46.6. The van der Waals surface area contributed by atoms with Gasteiger partial charge in [0.25, 0.3) is 0 Å². The third-order valence-electron chi connectivity index (χ3n) is 6.53. The number of nitrogens with zero attached hydrogens (tertiary/aromatic N) is 1. The molecule has 4 saturated carbocycles. The molecule has 0 aromatic heterocycles. The second-order valence-corrected chi connectivity index (χ2v) is 7.63. The van der Waals surface area contributed by atoms with Gasteiger partial charge in [0.15, 0.2) is 0 Å². The van der Waals surface area contributed by atoms with Gasteiger partial charge in [0.1, 0.15) is 0 Å². The minimum atomic E-state index is -0.0790. The Morgan fingerprint density at radius 2 is 1.42 bits per heavy atom. The van der Waals surface area contributed by atoms with Gasteiger partial charge in [0.05, 0.1) is 0 Å². The Hall–Kier alpha value is -0.570. The predicted octanol–water partition coefficient (Wildman–Crippen LogP) is 2.01. The molecule has 0 aromatic rings. The monoisotopic (exact) mass is 262 g/mol. The van der Waals surface area contributed by atoms with Crippen LogP contribution in [-0.4, -0.2) is 29.9 Å². The van der Waals surface area contributed by atoms with Crippen molar-refractivity contribution in [3.8, 4) is 0 Å². The number of likely N-dealkylation sites (tertiary alicyclic amines) is 1. The lowest BCUT2D eigenvalue weighted by Gasteiger charge is -2.58. The first-order chi connectivity index (χ1) is 9.20. The van der Waals surface area contributed by atoms with Gasteiger partial charge in [0, 0.05) is 12.0 Å². The molecule has 3 nitrogen and oxygen atoms in total. The minimum absolute atomic E-state index is 0.0790. The van der Waals surface area contributed by atoms with E-state index >= 15 is 0 Å². The minimum Gasteiger partial charge on any atom is -0.369 e. The Morgan fingerprint density at radius 3 is 1.89 bits per heavy atom. The molecular weight excluding hydrogens is 236 g/mol. The summed E-state index contributed by atoms with van der Waals surface area (Å²) in [5, 5.41) is 0. The summed E-state index contributed by atoms with van der Waals surface area (Å²) in [5.41, 5.74) is 5.45. The van der Waals surface area contributed by atoms with E-state index in [0.717, 1.165) is 55.6 Å². The molecule has 1 heterocycles. The van der Waals surface area contributed by atoms with Crippen molar-refractivity contribution in [1.82, 2.24) is 4.90 Å². The van der Waals surface area contributed by atoms with Crippen LogP contribution in [0.15, 0.2) is 0 Å². The van der Waals surface area contributed by atoms with E-state index in [0.29, 0.717) is 0 Å². The fourth-order valence-electron chi connectivity index (χ4n) is 5.97. The maximum Gasteiger partial charge on any atom is 0.220 e. The molecule has 106 valence electrons. The molecule has 1 saturated heterocycles. The van der Waals surface area contributed by atoms with Gasteiger partial charge in [-0.3, -0.25) is 9.69 Å². The Balaban J connectivity index is 1.44. The molecule has 5 rings (SSSR count). The summed E-state index contributed by atoms with van der Waals surface area (Å²) < 4.78 is 0. The summed E-state index contributed by atoms with van der Waals surface area (Å²) in [6, 6.07) is 0.849. The quantitative estimate of drug-likeness (QED) is 0.827. The zero-order valence-corrected chi connectivity index (χ0v) is 11.8. The Kier molecular flexibility index (Phi) is 2.87. The van der Waals surface area contributed by atoms with E-state index in [4.69, 9.17) is 5.73 Å². The van der Waals surface area contributed by atoms with Crippen molar-refractivity contribution in [3.05, 3.63) is 0 Å². The van der Waals surface area contributed by atoms with Crippen molar-refractivity contribution in [2.24, 2.45) is 35.3 Å². The van der Waals surface area contributed by atoms with Gasteiger partial charge in [-0.05, 0) is 81.7 Å². The fraction of sp³-hybridized carbons (Fsp3) is 0.938. The van der Waals surface area contributed by atoms with Crippen LogP contribution in [0.4, 0.5) is 0 Å². The number of nitrogens with two attached hydrogens (primary N) is 1. The topological polar surface area (TPSA) is 46.3 Å². The van der Waals surface area contributed by atoms with Crippen molar-refractivity contribution in [1.29, 1.82) is 0 Å². The standard InChI is InChI=1S/C16H26N2O/c17-16(19)12-1-3-18(4-2-12)15-13-6-10-5-11(8-13)9-14(15)7-10/h10-15H,1-9H2,(H2,17,19). The molecule has 0 spiro atoms. The highest BCUT2D eigenvalue weighted by molar-refractivity contribution is 5.76. The molecule has 5 aliphatic rings. The van der Waals surface area contributed by atoms with Crippen molar-refractivity contribution in [2.75, 3.05) is 13.1 Å². The predicted molar refractivity (Wildman–Crippen MR) is 74.3 cm³/mol. The van der Waals surface area contributed by atoms with Crippen molar-refractivity contribution in [2.45, 2.75) is 51.0 Å². The molecular formula is C16H26N2O. The number of carbonyl (C=O) groups is 1. The largest absolute Gasteiger partial charge is 0.369 e. The molecule has 0 unspecified atom stereocenters. The zero-order chi connectivity index (χ0) is 13.0. The Bertz CT molecular complexity index is 345. The molecule has 2 N–H and O–H groups in total. The van der Waals surface area contributed by atoms with Crippen LogP contribution in [-0.2, 0) is 4.79 Å². The fourth-order valence-corrected chi connectivity index (χ4v) is 5.97. The molecule has 3 heteroatoms. The van der Waals surface area contributed by atoms with Crippen molar-refractivity contribution < 1.29 is 4.79 Å². The summed E-state index contributed by atoms with van der Waals surface area (Å²) >= 11 is 0. The first-order valence-electron chi connectivity index (χ1n) is 8.24. The van der Waals surface area contributed by atoms with Gasteiger partial charge in [-0.25, -0.2) is 0 Å². The van der Waals surface area contributed by atoms with Crippen LogP contribution < -0.4 is 5.73 Å². The highest BCUT2D eigenvalue weighted by Gasteiger charge is 2.50. The Morgan fingerprint density at radius 1 is 0.895 bits per heavy atom. The third-order valence-corrected chi connectivity index (χ3v) is 6.53. The average molecular weight is 262 g/mol. The summed E-state index contributed by atoms with van der Waals surface area (Å²) in [6.07, 6.45) is 9.50. The number of rotatable bonds is 2. The van der Waals surface area contributed by atoms with Crippen LogP contribution in [0.3, 0.4) is 0 Å². The molecule has 1 amide bonds. The van der Waals surface area contributed by atoms with Gasteiger partial charge in [-0.15, -0.1) is 0 Å². The van der Waals surface area contributed by atoms with Crippen LogP contribution in [0.1, 0.15) is 44.9 Å². The highest BCUT2D eigenvalue weighted by Crippen LogP contribution is 2.55. The van der Waals surface area contributed by atoms with E-state index in [1.807, 2.05) is 0 Å². The van der Waals surface area contributed by atoms with Crippen LogP contribution in [0.2, 0.25) is 0 Å². The maximum absolute atomic E-state index is 11.3. The number of hydrogen-bond acceptors (Lipinski definition) is 2. The van der Waals surface area contributed by atoms with E-state index in [9.17, 15) is 4.79 Å². The lowest BCUT2D eigenvalue weighted by atomic mass is 9.53. The summed E-state index contributed by atoms with van der Waals surface area (Å²) in [5.74, 6) is 4.13. The highest BCUT2D eigenvalue weighted by atomic mass is 16.1. The van der Waals surface area contributed by atoms with E-state index in [1.54, 1.807) is 0 Å². The van der Waals surface area contributed by atoms with E-state index in [2.05, 4.69) is 4.90 Å². The van der Waals surface area contributed by atoms with Gasteiger partial charge >= 0.3 is 0 Å². The molecule has 4 aliphatic carbocycles. The molecule has 4 bridgehead atoms. The molecule has 5 fully saturated rings. The summed E-state index contributed by atoms with van der Waals surface area (Å²) in [7, 11) is 0. The number of piperidine rings is 1. The molecule has 0 atom stereocenters. The zero-order valence-electron chi connectivity index (χ0n) is 11.8. The number of amides is 1. The van der Waals surface area contributed by atoms with Gasteiger partial charge in [0.2, 0.25) is 5.91 Å². The van der Waals surface area contributed by atoms with Gasteiger partial charge < -0.3 is 5.73 Å². The third kappa shape index (κ3) is 2.01. The number of hydrogen-bond donors (Lipinski definition) is 1. The van der Waals surface area contributed by atoms with E-state index in [-0.39, 0.29) is 11.8 Å². The SMILES string of the molecule is NC(=O)C1CCN(C2C3CC4CC(C3)CC2C4)CC1. The smallest absolute Gasteiger partial charge is 0.220 e. The van der Waals surface area contributed by atoms with E-state index < -0.39 is 0 Å². The second-order valence-electron chi connectivity index (χ2n) is 7.63. The average Bonchev–Trinajstić information content (AvgIpc) is 2.38. The maximum atomic E-state index is 11.3. The van der Waals surface area contributed by atoms with Crippen molar-refractivity contribution in [3.63, 3.8) is 0 Å². The van der Waals surface area contributed by atoms with Crippen LogP contribution in [0, 0.1) is 29.6 Å². The summed E-state index contributed by atoms with van der Waals surface area (Å²) in [6.45, 7) is 2.22. The first kappa shape index (κ1) is 12.2. The molecule has 19 heavy (non-hydrogen) atoms. The first-order valence-corrected chi connectivity index (χ1v) is 8.24. The molecule has 0 aromatic carbocycles. The van der Waals surface area contributed by atoms with Crippen LogP contribution >= 0.6 is 0 Å². The van der Waals surface area contributed by atoms with Crippen LogP contribution in [0.5, 0.6) is 0 Å². The van der Waals surface area contributed by atoms with Gasteiger partial charge in [-0.1, -0.05) is 0 Å². The Labute approximate surface area is 115 Å². The van der Waals surface area contributed by atoms with Crippen molar-refractivity contribution >= 4 is 5.91 Å². The van der Waals surface area contributed by atoms with Crippen LogP contribution in [0.25, 0.3) is 0 Å². The lowest BCUT2D eigenvalue weighted by molar-refractivity contribution is -0.124. The lowest BCUT2D eigenvalue weighted by Crippen LogP contribution is -2.57. The summed E-state index contributed by atoms with van der Waals surface area (Å²) in [4.78, 5) is 14.0. The number of primary amides is 1.